The third kappa shape index (κ3) is 2.06. The smallest absolute Gasteiger partial charge is 0.341 e. The van der Waals surface area contributed by atoms with Crippen LogP contribution in [0.25, 0.3) is 11.0 Å². The highest BCUT2D eigenvalue weighted by Crippen LogP contribution is 2.26. The molecule has 2 rings (SSSR count). The lowest BCUT2D eigenvalue weighted by molar-refractivity contribution is 0.0602. The van der Waals surface area contributed by atoms with Gasteiger partial charge in [0.1, 0.15) is 29.2 Å². The molecular weight excluding hydrogens is 222 g/mol. The van der Waals surface area contributed by atoms with Crippen molar-refractivity contribution in [1.29, 1.82) is 5.26 Å². The zero-order chi connectivity index (χ0) is 12.3. The number of nitriles is 1. The van der Waals surface area contributed by atoms with Gasteiger partial charge in [-0.05, 0) is 12.1 Å². The van der Waals surface area contributed by atoms with Gasteiger partial charge in [-0.2, -0.15) is 5.26 Å². The van der Waals surface area contributed by atoms with Gasteiger partial charge < -0.3 is 13.9 Å². The molecule has 0 radical (unpaired) electrons. The van der Waals surface area contributed by atoms with Crippen molar-refractivity contribution in [3.63, 3.8) is 0 Å². The molecule has 0 amide bonds. The molecular formula is C12H9NO4. The second kappa shape index (κ2) is 4.58. The van der Waals surface area contributed by atoms with E-state index in [0.29, 0.717) is 22.3 Å². The molecule has 0 saturated carbocycles. The zero-order valence-corrected chi connectivity index (χ0v) is 9.10. The summed E-state index contributed by atoms with van der Waals surface area (Å²) in [6.45, 7) is -0.0317. The molecule has 1 aromatic carbocycles. The van der Waals surface area contributed by atoms with Crippen molar-refractivity contribution in [3.8, 4) is 11.8 Å². The summed E-state index contributed by atoms with van der Waals surface area (Å²) in [5.41, 5.74) is 0.884. The first-order valence-corrected chi connectivity index (χ1v) is 4.85. The van der Waals surface area contributed by atoms with E-state index in [0.717, 1.165) is 0 Å². The summed E-state index contributed by atoms with van der Waals surface area (Å²) in [6, 6.07) is 6.85. The fourth-order valence-electron chi connectivity index (χ4n) is 1.48. The van der Waals surface area contributed by atoms with Gasteiger partial charge >= 0.3 is 5.97 Å². The van der Waals surface area contributed by atoms with E-state index in [2.05, 4.69) is 4.74 Å². The van der Waals surface area contributed by atoms with Gasteiger partial charge in [0.15, 0.2) is 6.61 Å². The SMILES string of the molecule is COC(=O)c1coc2cc(OCC#N)ccc12. The van der Waals surface area contributed by atoms with E-state index in [-0.39, 0.29) is 6.61 Å². The number of carbonyl (C=O) groups excluding carboxylic acids is 1. The van der Waals surface area contributed by atoms with Crippen molar-refractivity contribution < 1.29 is 18.7 Å². The third-order valence-electron chi connectivity index (χ3n) is 2.26. The van der Waals surface area contributed by atoms with Crippen molar-refractivity contribution in [3.05, 3.63) is 30.0 Å². The molecule has 0 aliphatic carbocycles. The number of benzene rings is 1. The van der Waals surface area contributed by atoms with Crippen LogP contribution in [0.1, 0.15) is 10.4 Å². The molecule has 5 heteroatoms. The lowest BCUT2D eigenvalue weighted by Gasteiger charge is -2.00. The average molecular weight is 231 g/mol. The highest BCUT2D eigenvalue weighted by molar-refractivity contribution is 6.03. The third-order valence-corrected chi connectivity index (χ3v) is 2.26. The standard InChI is InChI=1S/C12H9NO4/c1-15-12(14)10-7-17-11-6-8(16-5-4-13)2-3-9(10)11/h2-3,6-7H,5H2,1H3. The lowest BCUT2D eigenvalue weighted by atomic mass is 10.2. The highest BCUT2D eigenvalue weighted by Gasteiger charge is 2.14. The lowest BCUT2D eigenvalue weighted by Crippen LogP contribution is -1.99. The summed E-state index contributed by atoms with van der Waals surface area (Å²) in [6.07, 6.45) is 1.34. The maximum absolute atomic E-state index is 11.4. The quantitative estimate of drug-likeness (QED) is 0.756. The molecule has 0 aliphatic heterocycles. The summed E-state index contributed by atoms with van der Waals surface area (Å²) in [4.78, 5) is 11.4. The molecule has 1 heterocycles. The summed E-state index contributed by atoms with van der Waals surface area (Å²) in [5.74, 6) is 0.0688. The van der Waals surface area contributed by atoms with Crippen LogP contribution in [0.2, 0.25) is 0 Å². The van der Waals surface area contributed by atoms with Crippen molar-refractivity contribution >= 4 is 16.9 Å². The number of furan rings is 1. The first-order chi connectivity index (χ1) is 8.26. The van der Waals surface area contributed by atoms with Gasteiger partial charge in [0, 0.05) is 11.5 Å². The molecule has 0 aliphatic rings. The van der Waals surface area contributed by atoms with Gasteiger partial charge in [0.05, 0.1) is 7.11 Å². The van der Waals surface area contributed by atoms with Crippen molar-refractivity contribution in [1.82, 2.24) is 0 Å². The number of esters is 1. The molecule has 0 unspecified atom stereocenters. The van der Waals surface area contributed by atoms with Crippen molar-refractivity contribution in [2.45, 2.75) is 0 Å². The first kappa shape index (κ1) is 11.0. The normalized spacial score (nSPS) is 9.88. The average Bonchev–Trinajstić information content (AvgIpc) is 2.78. The minimum atomic E-state index is -0.450. The van der Waals surface area contributed by atoms with Gasteiger partial charge in [-0.3, -0.25) is 0 Å². The van der Waals surface area contributed by atoms with Crippen LogP contribution in [0.4, 0.5) is 0 Å². The van der Waals surface area contributed by atoms with Gasteiger partial charge in [0.2, 0.25) is 0 Å². The Morgan fingerprint density at radius 3 is 3.06 bits per heavy atom. The number of carbonyl (C=O) groups is 1. The Kier molecular flexibility index (Phi) is 2.97. The van der Waals surface area contributed by atoms with E-state index in [9.17, 15) is 4.79 Å². The molecule has 0 N–H and O–H groups in total. The van der Waals surface area contributed by atoms with E-state index in [1.807, 2.05) is 6.07 Å². The predicted molar refractivity (Wildman–Crippen MR) is 58.7 cm³/mol. The molecule has 0 spiro atoms. The van der Waals surface area contributed by atoms with Crippen molar-refractivity contribution in [2.75, 3.05) is 13.7 Å². The fraction of sp³-hybridized carbons (Fsp3) is 0.167. The highest BCUT2D eigenvalue weighted by atomic mass is 16.5. The van der Waals surface area contributed by atoms with Crippen LogP contribution in [0.5, 0.6) is 5.75 Å². The summed E-state index contributed by atoms with van der Waals surface area (Å²) >= 11 is 0. The van der Waals surface area contributed by atoms with Gasteiger partial charge in [-0.1, -0.05) is 0 Å². The Hall–Kier alpha value is -2.48. The maximum atomic E-state index is 11.4. The van der Waals surface area contributed by atoms with Crippen LogP contribution >= 0.6 is 0 Å². The van der Waals surface area contributed by atoms with Crippen LogP contribution in [0.3, 0.4) is 0 Å². The van der Waals surface area contributed by atoms with Crippen LogP contribution in [0.15, 0.2) is 28.9 Å². The summed E-state index contributed by atoms with van der Waals surface area (Å²) in [7, 11) is 1.31. The molecule has 86 valence electrons. The molecule has 0 saturated heterocycles. The van der Waals surface area contributed by atoms with Crippen LogP contribution in [0, 0.1) is 11.3 Å². The Bertz CT molecular complexity index is 594. The van der Waals surface area contributed by atoms with Gasteiger partial charge in [-0.25, -0.2) is 4.79 Å². The van der Waals surface area contributed by atoms with E-state index in [4.69, 9.17) is 14.4 Å². The number of fused-ring (bicyclic) bond motifs is 1. The molecule has 1 aromatic heterocycles. The van der Waals surface area contributed by atoms with E-state index >= 15 is 0 Å². The minimum absolute atomic E-state index is 0.0317. The fourth-order valence-corrected chi connectivity index (χ4v) is 1.48. The summed E-state index contributed by atoms with van der Waals surface area (Å²) < 4.78 is 15.0. The number of hydrogen-bond donors (Lipinski definition) is 0. The number of hydrogen-bond acceptors (Lipinski definition) is 5. The number of rotatable bonds is 3. The Morgan fingerprint density at radius 2 is 2.35 bits per heavy atom. The topological polar surface area (TPSA) is 72.5 Å². The first-order valence-electron chi connectivity index (χ1n) is 4.85. The van der Waals surface area contributed by atoms with Crippen molar-refractivity contribution in [2.24, 2.45) is 0 Å². The molecule has 17 heavy (non-hydrogen) atoms. The van der Waals surface area contributed by atoms with E-state index < -0.39 is 5.97 Å². The van der Waals surface area contributed by atoms with Crippen LogP contribution in [-0.4, -0.2) is 19.7 Å². The largest absolute Gasteiger partial charge is 0.479 e. The Labute approximate surface area is 97.1 Å². The van der Waals surface area contributed by atoms with Crippen LogP contribution in [-0.2, 0) is 4.74 Å². The van der Waals surface area contributed by atoms with E-state index in [1.54, 1.807) is 18.2 Å². The molecule has 0 bridgehead atoms. The van der Waals surface area contributed by atoms with Gasteiger partial charge in [0.25, 0.3) is 0 Å². The van der Waals surface area contributed by atoms with Crippen LogP contribution < -0.4 is 4.74 Å². The molecule has 0 fully saturated rings. The molecule has 5 nitrogen and oxygen atoms in total. The maximum Gasteiger partial charge on any atom is 0.341 e. The number of ether oxygens (including phenoxy) is 2. The van der Waals surface area contributed by atoms with Gasteiger partial charge in [-0.15, -0.1) is 0 Å². The second-order valence-corrected chi connectivity index (χ2v) is 3.25. The Morgan fingerprint density at radius 1 is 1.53 bits per heavy atom. The second-order valence-electron chi connectivity index (χ2n) is 3.25. The predicted octanol–water partition coefficient (Wildman–Crippen LogP) is 2.12. The van der Waals surface area contributed by atoms with E-state index in [1.165, 1.54) is 13.4 Å². The Balaban J connectivity index is 2.38. The zero-order valence-electron chi connectivity index (χ0n) is 9.10. The number of nitrogens with zero attached hydrogens (tertiary/aromatic N) is 1. The number of methoxy groups -OCH3 is 1. The summed E-state index contributed by atoms with van der Waals surface area (Å²) in [5, 5.41) is 9.04. The molecule has 0 atom stereocenters. The monoisotopic (exact) mass is 231 g/mol. The molecule has 2 aromatic rings. The minimum Gasteiger partial charge on any atom is -0.479 e.